The van der Waals surface area contributed by atoms with Gasteiger partial charge in [0.05, 0.1) is 26.2 Å². The molecule has 0 aliphatic heterocycles. The van der Waals surface area contributed by atoms with Gasteiger partial charge in [-0.05, 0) is 27.7 Å². The predicted octanol–water partition coefficient (Wildman–Crippen LogP) is 3.05. The highest BCUT2D eigenvalue weighted by Gasteiger charge is 2.29. The highest BCUT2D eigenvalue weighted by molar-refractivity contribution is 7.86. The van der Waals surface area contributed by atoms with Crippen LogP contribution in [0.2, 0.25) is 0 Å². The van der Waals surface area contributed by atoms with E-state index in [1.807, 2.05) is 0 Å². The summed E-state index contributed by atoms with van der Waals surface area (Å²) in [6.07, 6.45) is -7.60. The summed E-state index contributed by atoms with van der Waals surface area (Å²) in [5, 5.41) is 0. The van der Waals surface area contributed by atoms with Crippen LogP contribution in [0, 0.1) is 0 Å². The van der Waals surface area contributed by atoms with E-state index < -0.39 is 34.6 Å². The Morgan fingerprint density at radius 3 is 1.48 bits per heavy atom. The predicted molar refractivity (Wildman–Crippen MR) is 72.3 cm³/mol. The fourth-order valence-corrected chi connectivity index (χ4v) is 2.17. The zero-order valence-corrected chi connectivity index (χ0v) is 13.7. The Labute approximate surface area is 124 Å². The van der Waals surface area contributed by atoms with Gasteiger partial charge in [0.2, 0.25) is 0 Å². The Morgan fingerprint density at radius 1 is 1.00 bits per heavy atom. The SMILES string of the molecule is CC[N+](CC)(CC)CC.O=S(=O)([O-])C(F)CCC(F)(F)F. The molecule has 0 saturated carbocycles. The maximum Gasteiger partial charge on any atom is 0.389 e. The van der Waals surface area contributed by atoms with Crippen LogP contribution < -0.4 is 0 Å². The molecule has 0 spiro atoms. The number of nitrogens with zero attached hydrogens (tertiary/aromatic N) is 1. The molecular weight excluding hydrogens is 314 g/mol. The summed E-state index contributed by atoms with van der Waals surface area (Å²) in [5.74, 6) is 0. The van der Waals surface area contributed by atoms with Crippen molar-refractivity contribution in [2.24, 2.45) is 0 Å². The first-order valence-corrected chi connectivity index (χ1v) is 8.35. The zero-order chi connectivity index (χ0) is 17.3. The van der Waals surface area contributed by atoms with Crippen molar-refractivity contribution in [3.8, 4) is 0 Å². The van der Waals surface area contributed by atoms with Crippen molar-refractivity contribution >= 4 is 10.1 Å². The topological polar surface area (TPSA) is 57.2 Å². The minimum atomic E-state index is -5.24. The molecule has 130 valence electrons. The molecule has 1 unspecified atom stereocenters. The van der Waals surface area contributed by atoms with Crippen LogP contribution >= 0.6 is 0 Å². The average molecular weight is 339 g/mol. The highest BCUT2D eigenvalue weighted by atomic mass is 32.2. The summed E-state index contributed by atoms with van der Waals surface area (Å²) in [5.41, 5.74) is -2.97. The summed E-state index contributed by atoms with van der Waals surface area (Å²) < 4.78 is 76.6. The van der Waals surface area contributed by atoms with E-state index in [-0.39, 0.29) is 0 Å². The number of alkyl halides is 4. The van der Waals surface area contributed by atoms with E-state index >= 15 is 0 Å². The van der Waals surface area contributed by atoms with E-state index in [2.05, 4.69) is 27.7 Å². The van der Waals surface area contributed by atoms with E-state index in [9.17, 15) is 30.5 Å². The summed E-state index contributed by atoms with van der Waals surface area (Å²) in [7, 11) is -5.24. The Morgan fingerprint density at radius 2 is 1.33 bits per heavy atom. The van der Waals surface area contributed by atoms with Gasteiger partial charge >= 0.3 is 6.18 Å². The van der Waals surface area contributed by atoms with Crippen molar-refractivity contribution in [2.75, 3.05) is 26.2 Å². The molecule has 0 saturated heterocycles. The fourth-order valence-electron chi connectivity index (χ4n) is 1.76. The molecule has 0 radical (unpaired) electrons. The molecule has 0 aliphatic rings. The number of halogens is 4. The Kier molecular flexibility index (Phi) is 10.4. The molecule has 0 heterocycles. The quantitative estimate of drug-likeness (QED) is 0.407. The van der Waals surface area contributed by atoms with Crippen LogP contribution in [0.1, 0.15) is 40.5 Å². The van der Waals surface area contributed by atoms with Gasteiger partial charge in [-0.15, -0.1) is 0 Å². The number of hydrogen-bond acceptors (Lipinski definition) is 3. The standard InChI is InChI=1S/C8H20N.C4H6F4O3S/c1-5-9(6-2,7-3)8-4;5-3(12(9,10)11)1-2-4(6,7)8/h5-8H2,1-4H3;3H,1-2H2,(H,9,10,11)/q+1;/p-1. The smallest absolute Gasteiger partial charge is 0.389 e. The molecule has 9 heteroatoms. The third-order valence-electron chi connectivity index (χ3n) is 3.65. The van der Waals surface area contributed by atoms with Crippen LogP contribution in [0.4, 0.5) is 17.6 Å². The van der Waals surface area contributed by atoms with Gasteiger partial charge < -0.3 is 9.04 Å². The van der Waals surface area contributed by atoms with Crippen molar-refractivity contribution in [2.45, 2.75) is 52.2 Å². The van der Waals surface area contributed by atoms with Crippen LogP contribution in [0.15, 0.2) is 0 Å². The third kappa shape index (κ3) is 10.9. The third-order valence-corrected chi connectivity index (χ3v) is 4.51. The van der Waals surface area contributed by atoms with Gasteiger partial charge in [0.15, 0.2) is 5.50 Å². The fraction of sp³-hybridized carbons (Fsp3) is 1.00. The molecule has 0 amide bonds. The Balaban J connectivity index is 0. The lowest BCUT2D eigenvalue weighted by Crippen LogP contribution is -2.47. The lowest BCUT2D eigenvalue weighted by Gasteiger charge is -2.34. The average Bonchev–Trinajstić information content (AvgIpc) is 2.38. The van der Waals surface area contributed by atoms with Gasteiger partial charge in [-0.25, -0.2) is 12.8 Å². The lowest BCUT2D eigenvalue weighted by molar-refractivity contribution is -0.921. The van der Waals surface area contributed by atoms with Gasteiger partial charge in [-0.1, -0.05) is 0 Å². The van der Waals surface area contributed by atoms with Crippen molar-refractivity contribution < 1.29 is 35.0 Å². The van der Waals surface area contributed by atoms with Crippen molar-refractivity contribution in [1.29, 1.82) is 0 Å². The second kappa shape index (κ2) is 9.58. The van der Waals surface area contributed by atoms with Crippen LogP contribution in [0.5, 0.6) is 0 Å². The second-order valence-electron chi connectivity index (χ2n) is 4.66. The molecular formula is C12H25F4NO3S. The molecule has 4 nitrogen and oxygen atoms in total. The van der Waals surface area contributed by atoms with Crippen LogP contribution in [0.25, 0.3) is 0 Å². The Bertz CT molecular complexity index is 350. The molecule has 0 rings (SSSR count). The van der Waals surface area contributed by atoms with Gasteiger partial charge in [-0.2, -0.15) is 13.2 Å². The first-order valence-electron chi connectivity index (χ1n) is 6.88. The van der Waals surface area contributed by atoms with Gasteiger partial charge in [0, 0.05) is 12.8 Å². The van der Waals surface area contributed by atoms with Gasteiger partial charge in [-0.3, -0.25) is 0 Å². The van der Waals surface area contributed by atoms with Gasteiger partial charge in [0.1, 0.15) is 10.1 Å². The highest BCUT2D eigenvalue weighted by Crippen LogP contribution is 2.24. The molecule has 0 aromatic heterocycles. The number of quaternary nitrogens is 1. The monoisotopic (exact) mass is 339 g/mol. The molecule has 1 atom stereocenters. The van der Waals surface area contributed by atoms with Crippen molar-refractivity contribution in [3.63, 3.8) is 0 Å². The first-order chi connectivity index (χ1) is 9.37. The normalized spacial score (nSPS) is 14.3. The summed E-state index contributed by atoms with van der Waals surface area (Å²) >= 11 is 0. The minimum Gasteiger partial charge on any atom is -0.746 e. The summed E-state index contributed by atoms with van der Waals surface area (Å²) in [6, 6.07) is 0. The van der Waals surface area contributed by atoms with E-state index in [0.29, 0.717) is 0 Å². The first kappa shape index (κ1) is 22.9. The molecule has 0 aromatic rings. The molecule has 21 heavy (non-hydrogen) atoms. The van der Waals surface area contributed by atoms with E-state index in [0.717, 1.165) is 0 Å². The van der Waals surface area contributed by atoms with E-state index in [4.69, 9.17) is 0 Å². The van der Waals surface area contributed by atoms with Crippen LogP contribution in [-0.4, -0.2) is 55.3 Å². The van der Waals surface area contributed by atoms with Gasteiger partial charge in [0.25, 0.3) is 0 Å². The number of rotatable bonds is 7. The summed E-state index contributed by atoms with van der Waals surface area (Å²) in [4.78, 5) is 0. The lowest BCUT2D eigenvalue weighted by atomic mass is 10.3. The Hall–Kier alpha value is -0.410. The second-order valence-corrected chi connectivity index (χ2v) is 6.16. The molecule has 0 N–H and O–H groups in total. The van der Waals surface area contributed by atoms with E-state index in [1.54, 1.807) is 0 Å². The summed E-state index contributed by atoms with van der Waals surface area (Å²) in [6.45, 7) is 14.2. The molecule has 0 fully saturated rings. The minimum absolute atomic E-state index is 1.28. The van der Waals surface area contributed by atoms with Crippen LogP contribution in [0.3, 0.4) is 0 Å². The molecule has 0 aliphatic carbocycles. The van der Waals surface area contributed by atoms with Crippen molar-refractivity contribution in [1.82, 2.24) is 0 Å². The maximum atomic E-state index is 12.0. The van der Waals surface area contributed by atoms with Crippen molar-refractivity contribution in [3.05, 3.63) is 0 Å². The maximum absolute atomic E-state index is 12.0. The zero-order valence-electron chi connectivity index (χ0n) is 12.9. The molecule has 0 aromatic carbocycles. The van der Waals surface area contributed by atoms with Crippen LogP contribution in [-0.2, 0) is 10.1 Å². The van der Waals surface area contributed by atoms with E-state index in [1.165, 1.54) is 30.7 Å². The molecule has 0 bridgehead atoms. The number of hydrogen-bond donors (Lipinski definition) is 0. The largest absolute Gasteiger partial charge is 0.746 e.